The topological polar surface area (TPSA) is 67.9 Å². The van der Waals surface area contributed by atoms with Crippen molar-refractivity contribution >= 4 is 39.3 Å². The van der Waals surface area contributed by atoms with Crippen LogP contribution in [0, 0.1) is 0 Å². The fourth-order valence-corrected chi connectivity index (χ4v) is 3.88. The Balaban J connectivity index is 2.28. The molecular weight excluding hydrogens is 496 g/mol. The first kappa shape index (κ1) is 26.0. The monoisotopic (exact) mass is 524 g/mol. The minimum atomic E-state index is -0.656. The lowest BCUT2D eigenvalue weighted by Gasteiger charge is -2.33. The second-order valence-electron chi connectivity index (χ2n) is 8.40. The van der Waals surface area contributed by atoms with Crippen LogP contribution in [0.1, 0.15) is 39.7 Å². The third-order valence-corrected chi connectivity index (χ3v) is 5.40. The van der Waals surface area contributed by atoms with E-state index in [4.69, 9.17) is 21.1 Å². The van der Waals surface area contributed by atoms with Gasteiger partial charge in [0.05, 0.1) is 12.1 Å². The lowest BCUT2D eigenvalue weighted by molar-refractivity contribution is -0.143. The van der Waals surface area contributed by atoms with Crippen LogP contribution < -0.4 is 14.8 Å². The van der Waals surface area contributed by atoms with E-state index in [1.165, 1.54) is 0 Å². The summed E-state index contributed by atoms with van der Waals surface area (Å²) in [6.45, 7) is 7.60. The van der Waals surface area contributed by atoms with E-state index in [2.05, 4.69) is 21.2 Å². The van der Waals surface area contributed by atoms with Crippen LogP contribution in [0.2, 0.25) is 5.02 Å². The zero-order valence-electron chi connectivity index (χ0n) is 19.1. The Kier molecular flexibility index (Phi) is 9.40. The molecule has 0 aromatic heterocycles. The number of halogens is 2. The molecule has 0 radical (unpaired) electrons. The van der Waals surface area contributed by atoms with Gasteiger partial charge < -0.3 is 19.7 Å². The fourth-order valence-electron chi connectivity index (χ4n) is 3.15. The van der Waals surface area contributed by atoms with Gasteiger partial charge in [0.1, 0.15) is 17.5 Å². The van der Waals surface area contributed by atoms with Gasteiger partial charge in [-0.1, -0.05) is 46.6 Å². The molecule has 0 spiro atoms. The third kappa shape index (κ3) is 7.71. The van der Waals surface area contributed by atoms with E-state index >= 15 is 0 Å². The molecule has 174 valence electrons. The number of nitrogens with zero attached hydrogens (tertiary/aromatic N) is 1. The van der Waals surface area contributed by atoms with Crippen molar-refractivity contribution in [3.63, 3.8) is 0 Å². The Morgan fingerprint density at radius 1 is 1.19 bits per heavy atom. The molecule has 0 saturated carbocycles. The molecule has 2 aromatic carbocycles. The maximum Gasteiger partial charge on any atom is 0.261 e. The first-order valence-corrected chi connectivity index (χ1v) is 11.5. The van der Waals surface area contributed by atoms with Crippen molar-refractivity contribution in [2.24, 2.45) is 0 Å². The van der Waals surface area contributed by atoms with Crippen LogP contribution in [0.3, 0.4) is 0 Å². The Bertz CT molecular complexity index is 946. The number of hydrogen-bond donors (Lipinski definition) is 1. The Hall–Kier alpha value is -2.25. The molecule has 1 N–H and O–H groups in total. The van der Waals surface area contributed by atoms with E-state index in [0.29, 0.717) is 22.9 Å². The van der Waals surface area contributed by atoms with Crippen molar-refractivity contribution in [1.82, 2.24) is 10.2 Å². The predicted molar refractivity (Wildman–Crippen MR) is 130 cm³/mol. The van der Waals surface area contributed by atoms with Gasteiger partial charge in [-0.25, -0.2) is 0 Å². The van der Waals surface area contributed by atoms with Gasteiger partial charge in [-0.2, -0.15) is 0 Å². The number of benzene rings is 2. The summed E-state index contributed by atoms with van der Waals surface area (Å²) >= 11 is 9.56. The van der Waals surface area contributed by atoms with E-state index in [9.17, 15) is 9.59 Å². The number of methoxy groups -OCH3 is 1. The van der Waals surface area contributed by atoms with E-state index in [-0.39, 0.29) is 25.0 Å². The molecule has 0 unspecified atom stereocenters. The molecule has 8 heteroatoms. The van der Waals surface area contributed by atoms with Crippen LogP contribution in [-0.4, -0.2) is 42.0 Å². The summed E-state index contributed by atoms with van der Waals surface area (Å²) in [7, 11) is 1.59. The number of rotatable bonds is 9. The van der Waals surface area contributed by atoms with Crippen LogP contribution in [-0.2, 0) is 16.1 Å². The molecule has 32 heavy (non-hydrogen) atoms. The van der Waals surface area contributed by atoms with Crippen LogP contribution in [0.25, 0.3) is 0 Å². The number of carbonyl (C=O) groups is 2. The minimum absolute atomic E-state index is 0.210. The molecule has 0 bridgehead atoms. The van der Waals surface area contributed by atoms with E-state index < -0.39 is 11.6 Å². The highest BCUT2D eigenvalue weighted by Crippen LogP contribution is 2.28. The highest BCUT2D eigenvalue weighted by atomic mass is 79.9. The Morgan fingerprint density at radius 2 is 1.91 bits per heavy atom. The maximum atomic E-state index is 13.3. The quantitative estimate of drug-likeness (QED) is 0.488. The Morgan fingerprint density at radius 3 is 2.50 bits per heavy atom. The molecule has 0 fully saturated rings. The zero-order valence-corrected chi connectivity index (χ0v) is 21.4. The predicted octanol–water partition coefficient (Wildman–Crippen LogP) is 5.21. The van der Waals surface area contributed by atoms with E-state index in [0.717, 1.165) is 10.0 Å². The normalized spacial score (nSPS) is 12.1. The van der Waals surface area contributed by atoms with Crippen molar-refractivity contribution in [2.45, 2.75) is 52.2 Å². The first-order chi connectivity index (χ1) is 15.0. The van der Waals surface area contributed by atoms with Gasteiger partial charge in [-0.15, -0.1) is 0 Å². The third-order valence-electron chi connectivity index (χ3n) is 4.62. The van der Waals surface area contributed by atoms with Crippen molar-refractivity contribution in [3.8, 4) is 11.5 Å². The number of carbonyl (C=O) groups excluding carboxylic acids is 2. The lowest BCUT2D eigenvalue weighted by atomic mass is 10.1. The van der Waals surface area contributed by atoms with E-state index in [1.54, 1.807) is 30.2 Å². The smallest absolute Gasteiger partial charge is 0.261 e. The number of nitrogens with one attached hydrogen (secondary N) is 1. The second kappa shape index (κ2) is 11.6. The SMILES string of the molecule is CC[C@@H](C(=O)NC(C)(C)C)N(Cc1cccc(OC)c1)C(=O)COc1ccc(Br)cc1Cl. The van der Waals surface area contributed by atoms with Gasteiger partial charge >= 0.3 is 0 Å². The van der Waals surface area contributed by atoms with Gasteiger partial charge in [0.15, 0.2) is 6.61 Å². The minimum Gasteiger partial charge on any atom is -0.497 e. The average molecular weight is 526 g/mol. The van der Waals surface area contributed by atoms with Gasteiger partial charge in [0.25, 0.3) is 5.91 Å². The number of ether oxygens (including phenoxy) is 2. The molecule has 0 aliphatic carbocycles. The molecule has 2 rings (SSSR count). The summed E-state index contributed by atoms with van der Waals surface area (Å²) in [4.78, 5) is 27.8. The molecule has 0 saturated heterocycles. The second-order valence-corrected chi connectivity index (χ2v) is 9.72. The summed E-state index contributed by atoms with van der Waals surface area (Å²) in [5, 5.41) is 3.37. The molecule has 0 heterocycles. The van der Waals surface area contributed by atoms with Crippen LogP contribution in [0.4, 0.5) is 0 Å². The number of hydrogen-bond acceptors (Lipinski definition) is 4. The zero-order chi connectivity index (χ0) is 23.9. The van der Waals surface area contributed by atoms with Gasteiger partial charge in [0.2, 0.25) is 5.91 Å². The number of amides is 2. The standard InChI is InChI=1S/C24H30BrClN2O4/c1-6-20(23(30)27-24(2,3)4)28(14-16-8-7-9-18(12-16)31-5)22(29)15-32-21-11-10-17(25)13-19(21)26/h7-13,20H,6,14-15H2,1-5H3,(H,27,30)/t20-/m0/s1. The van der Waals surface area contributed by atoms with Gasteiger partial charge in [0, 0.05) is 16.6 Å². The van der Waals surface area contributed by atoms with Crippen molar-refractivity contribution < 1.29 is 19.1 Å². The van der Waals surface area contributed by atoms with Gasteiger partial charge in [-0.05, 0) is 63.1 Å². The van der Waals surface area contributed by atoms with E-state index in [1.807, 2.05) is 52.0 Å². The van der Waals surface area contributed by atoms with Crippen LogP contribution in [0.15, 0.2) is 46.9 Å². The van der Waals surface area contributed by atoms with Crippen molar-refractivity contribution in [3.05, 3.63) is 57.5 Å². The van der Waals surface area contributed by atoms with Crippen molar-refractivity contribution in [2.75, 3.05) is 13.7 Å². The maximum absolute atomic E-state index is 13.3. The average Bonchev–Trinajstić information content (AvgIpc) is 2.71. The van der Waals surface area contributed by atoms with Crippen LogP contribution >= 0.6 is 27.5 Å². The molecule has 0 aliphatic rings. The molecule has 2 aromatic rings. The summed E-state index contributed by atoms with van der Waals surface area (Å²) < 4.78 is 11.8. The molecule has 0 aliphatic heterocycles. The highest BCUT2D eigenvalue weighted by molar-refractivity contribution is 9.10. The summed E-state index contributed by atoms with van der Waals surface area (Å²) in [6, 6.07) is 11.9. The molecule has 2 amide bonds. The van der Waals surface area contributed by atoms with Crippen molar-refractivity contribution in [1.29, 1.82) is 0 Å². The lowest BCUT2D eigenvalue weighted by Crippen LogP contribution is -2.54. The molecule has 1 atom stereocenters. The molecular formula is C24H30BrClN2O4. The van der Waals surface area contributed by atoms with Crippen LogP contribution in [0.5, 0.6) is 11.5 Å². The highest BCUT2D eigenvalue weighted by Gasteiger charge is 2.31. The molecule has 6 nitrogen and oxygen atoms in total. The largest absolute Gasteiger partial charge is 0.497 e. The van der Waals surface area contributed by atoms with Gasteiger partial charge in [-0.3, -0.25) is 9.59 Å². The summed E-state index contributed by atoms with van der Waals surface area (Å²) in [5.74, 6) is 0.553. The Labute approximate surface area is 203 Å². The summed E-state index contributed by atoms with van der Waals surface area (Å²) in [5.41, 5.74) is 0.429. The summed E-state index contributed by atoms with van der Waals surface area (Å²) in [6.07, 6.45) is 0.455. The first-order valence-electron chi connectivity index (χ1n) is 10.4. The fraction of sp³-hybridized carbons (Fsp3) is 0.417.